The second kappa shape index (κ2) is 7.15. The summed E-state index contributed by atoms with van der Waals surface area (Å²) in [5, 5.41) is 18.4. The molecule has 8 heteroatoms. The topological polar surface area (TPSA) is 66.8 Å². The number of carboxylic acids is 1. The Balaban J connectivity index is 2.87. The Kier molecular flexibility index (Phi) is 6.06. The molecule has 0 spiro atoms. The number of ether oxygens (including phenoxy) is 1. The number of benzene rings is 1. The summed E-state index contributed by atoms with van der Waals surface area (Å²) in [4.78, 5) is 11.1. The summed E-state index contributed by atoms with van der Waals surface area (Å²) in [7, 11) is 0. The van der Waals surface area contributed by atoms with Crippen molar-refractivity contribution < 1.29 is 32.9 Å². The highest BCUT2D eigenvalue weighted by molar-refractivity contribution is 8.00. The second-order valence-electron chi connectivity index (χ2n) is 4.42. The average molecular weight is 324 g/mol. The molecule has 4 nitrogen and oxygen atoms in total. The zero-order valence-corrected chi connectivity index (χ0v) is 12.1. The maximum atomic E-state index is 12.2. The van der Waals surface area contributed by atoms with Gasteiger partial charge in [-0.2, -0.15) is 13.2 Å². The monoisotopic (exact) mass is 324 g/mol. The standard InChI is InChI=1S/C13H15F3O4S/c1-7(17)8(2)20-11(12(18)19)9-3-5-10(6-4-9)21-13(14,15)16/h3-8,11,17H,1-2H3,(H,18,19). The molecule has 0 aliphatic rings. The summed E-state index contributed by atoms with van der Waals surface area (Å²) in [6.45, 7) is 2.96. The van der Waals surface area contributed by atoms with Crippen LogP contribution in [0.3, 0.4) is 0 Å². The minimum Gasteiger partial charge on any atom is -0.479 e. The third-order valence-corrected chi connectivity index (χ3v) is 3.41. The van der Waals surface area contributed by atoms with Crippen molar-refractivity contribution in [3.8, 4) is 0 Å². The molecule has 0 bridgehead atoms. The number of aliphatic hydroxyl groups is 1. The second-order valence-corrected chi connectivity index (χ2v) is 5.56. The first-order valence-electron chi connectivity index (χ1n) is 6.02. The van der Waals surface area contributed by atoms with Crippen molar-refractivity contribution >= 4 is 17.7 Å². The van der Waals surface area contributed by atoms with E-state index in [1.807, 2.05) is 0 Å². The smallest absolute Gasteiger partial charge is 0.446 e. The first-order valence-corrected chi connectivity index (χ1v) is 6.84. The SMILES string of the molecule is CC(O)C(C)OC(C(=O)O)c1ccc(SC(F)(F)F)cc1. The molecular weight excluding hydrogens is 309 g/mol. The molecular formula is C13H15F3O4S. The van der Waals surface area contributed by atoms with Gasteiger partial charge >= 0.3 is 11.5 Å². The average Bonchev–Trinajstić information content (AvgIpc) is 2.34. The van der Waals surface area contributed by atoms with Crippen LogP contribution < -0.4 is 0 Å². The van der Waals surface area contributed by atoms with E-state index in [2.05, 4.69) is 0 Å². The summed E-state index contributed by atoms with van der Waals surface area (Å²) in [6, 6.07) is 4.89. The molecule has 0 aliphatic heterocycles. The van der Waals surface area contributed by atoms with E-state index in [0.29, 0.717) is 0 Å². The van der Waals surface area contributed by atoms with E-state index in [1.54, 1.807) is 0 Å². The fourth-order valence-corrected chi connectivity index (χ4v) is 1.99. The van der Waals surface area contributed by atoms with E-state index >= 15 is 0 Å². The van der Waals surface area contributed by atoms with Gasteiger partial charge in [-0.1, -0.05) is 12.1 Å². The third-order valence-electron chi connectivity index (χ3n) is 2.67. The van der Waals surface area contributed by atoms with E-state index in [-0.39, 0.29) is 22.2 Å². The lowest BCUT2D eigenvalue weighted by molar-refractivity contribution is -0.158. The summed E-state index contributed by atoms with van der Waals surface area (Å²) in [5.74, 6) is -1.28. The van der Waals surface area contributed by atoms with Crippen molar-refractivity contribution in [2.24, 2.45) is 0 Å². The fourth-order valence-electron chi connectivity index (χ4n) is 1.45. The lowest BCUT2D eigenvalue weighted by Gasteiger charge is -2.21. The van der Waals surface area contributed by atoms with Crippen LogP contribution in [-0.2, 0) is 9.53 Å². The molecule has 0 aromatic heterocycles. The van der Waals surface area contributed by atoms with Gasteiger partial charge in [0.2, 0.25) is 0 Å². The van der Waals surface area contributed by atoms with Gasteiger partial charge < -0.3 is 14.9 Å². The minimum atomic E-state index is -4.40. The van der Waals surface area contributed by atoms with Crippen molar-refractivity contribution in [2.75, 3.05) is 0 Å². The molecule has 2 N–H and O–H groups in total. The van der Waals surface area contributed by atoms with Crippen LogP contribution in [0.5, 0.6) is 0 Å². The number of hydrogen-bond acceptors (Lipinski definition) is 4. The Hall–Kier alpha value is -1.25. The van der Waals surface area contributed by atoms with E-state index in [0.717, 1.165) is 0 Å². The number of halogens is 3. The summed E-state index contributed by atoms with van der Waals surface area (Å²) in [5.41, 5.74) is -4.19. The number of hydrogen-bond donors (Lipinski definition) is 2. The number of aliphatic carboxylic acids is 1. The Morgan fingerprint density at radius 1 is 1.24 bits per heavy atom. The molecule has 118 valence electrons. The molecule has 0 saturated heterocycles. The summed E-state index contributed by atoms with van der Waals surface area (Å²) >= 11 is -0.280. The first-order chi connectivity index (χ1) is 9.60. The normalized spacial score (nSPS) is 16.3. The Morgan fingerprint density at radius 2 is 1.76 bits per heavy atom. The van der Waals surface area contributed by atoms with E-state index < -0.39 is 29.8 Å². The van der Waals surface area contributed by atoms with Crippen molar-refractivity contribution in [2.45, 2.75) is 42.6 Å². The number of aliphatic hydroxyl groups excluding tert-OH is 1. The molecule has 1 aromatic rings. The molecule has 1 aromatic carbocycles. The van der Waals surface area contributed by atoms with Gasteiger partial charge in [-0.15, -0.1) is 0 Å². The van der Waals surface area contributed by atoms with Gasteiger partial charge in [0.1, 0.15) is 0 Å². The number of rotatable bonds is 6. The fraction of sp³-hybridized carbons (Fsp3) is 0.462. The zero-order valence-electron chi connectivity index (χ0n) is 11.3. The van der Waals surface area contributed by atoms with E-state index in [1.165, 1.54) is 38.1 Å². The molecule has 0 saturated carbocycles. The Labute approximate surface area is 123 Å². The molecule has 21 heavy (non-hydrogen) atoms. The van der Waals surface area contributed by atoms with Crippen molar-refractivity contribution in [3.05, 3.63) is 29.8 Å². The number of carboxylic acid groups (broad SMARTS) is 1. The lowest BCUT2D eigenvalue weighted by Crippen LogP contribution is -2.28. The van der Waals surface area contributed by atoms with Gasteiger partial charge in [0.05, 0.1) is 12.2 Å². The highest BCUT2D eigenvalue weighted by atomic mass is 32.2. The lowest BCUT2D eigenvalue weighted by atomic mass is 10.1. The van der Waals surface area contributed by atoms with Gasteiger partial charge in [-0.3, -0.25) is 0 Å². The molecule has 0 heterocycles. The van der Waals surface area contributed by atoms with Crippen LogP contribution in [0.4, 0.5) is 13.2 Å². The molecule has 0 radical (unpaired) electrons. The van der Waals surface area contributed by atoms with E-state index in [9.17, 15) is 23.1 Å². The maximum absolute atomic E-state index is 12.2. The van der Waals surface area contributed by atoms with Gasteiger partial charge in [0.25, 0.3) is 0 Å². The molecule has 0 aliphatic carbocycles. The molecule has 3 unspecified atom stereocenters. The third kappa shape index (κ3) is 5.94. The molecule has 3 atom stereocenters. The predicted octanol–water partition coefficient (Wildman–Crippen LogP) is 3.21. The zero-order chi connectivity index (χ0) is 16.2. The van der Waals surface area contributed by atoms with Crippen LogP contribution in [0, 0.1) is 0 Å². The van der Waals surface area contributed by atoms with Gasteiger partial charge in [0.15, 0.2) is 6.10 Å². The number of carbonyl (C=O) groups is 1. The minimum absolute atomic E-state index is 0.0426. The van der Waals surface area contributed by atoms with E-state index in [4.69, 9.17) is 9.84 Å². The van der Waals surface area contributed by atoms with Crippen molar-refractivity contribution in [3.63, 3.8) is 0 Å². The summed E-state index contributed by atoms with van der Waals surface area (Å²) < 4.78 is 41.8. The van der Waals surface area contributed by atoms with Gasteiger partial charge in [-0.05, 0) is 43.3 Å². The number of alkyl halides is 3. The van der Waals surface area contributed by atoms with Crippen LogP contribution in [0.2, 0.25) is 0 Å². The Bertz CT molecular complexity index is 473. The largest absolute Gasteiger partial charge is 0.479 e. The highest BCUT2D eigenvalue weighted by Crippen LogP contribution is 2.37. The van der Waals surface area contributed by atoms with Crippen LogP contribution in [0.1, 0.15) is 25.5 Å². The quantitative estimate of drug-likeness (QED) is 0.787. The van der Waals surface area contributed by atoms with Crippen LogP contribution in [0.15, 0.2) is 29.2 Å². The first kappa shape index (κ1) is 17.8. The molecule has 0 amide bonds. The highest BCUT2D eigenvalue weighted by Gasteiger charge is 2.30. The van der Waals surface area contributed by atoms with Gasteiger partial charge in [0, 0.05) is 4.90 Å². The number of thioether (sulfide) groups is 1. The maximum Gasteiger partial charge on any atom is 0.446 e. The molecule has 0 fully saturated rings. The Morgan fingerprint density at radius 3 is 2.14 bits per heavy atom. The van der Waals surface area contributed by atoms with Crippen LogP contribution >= 0.6 is 11.8 Å². The van der Waals surface area contributed by atoms with Crippen molar-refractivity contribution in [1.82, 2.24) is 0 Å². The summed E-state index contributed by atoms with van der Waals surface area (Å²) in [6.07, 6.45) is -2.94. The van der Waals surface area contributed by atoms with Crippen LogP contribution in [0.25, 0.3) is 0 Å². The predicted molar refractivity (Wildman–Crippen MR) is 71.0 cm³/mol. The molecule has 1 rings (SSSR count). The van der Waals surface area contributed by atoms with Gasteiger partial charge in [-0.25, -0.2) is 4.79 Å². The van der Waals surface area contributed by atoms with Crippen LogP contribution in [-0.4, -0.2) is 33.9 Å². The van der Waals surface area contributed by atoms with Crippen molar-refractivity contribution in [1.29, 1.82) is 0 Å².